The van der Waals surface area contributed by atoms with Crippen molar-refractivity contribution in [3.63, 3.8) is 0 Å². The Morgan fingerprint density at radius 2 is 1.82 bits per heavy atom. The Bertz CT molecular complexity index is 588. The lowest BCUT2D eigenvalue weighted by Crippen LogP contribution is -2.02. The molecule has 0 saturated heterocycles. The molecule has 0 aliphatic rings. The van der Waals surface area contributed by atoms with E-state index in [1.54, 1.807) is 0 Å². The number of nitrogens with zero attached hydrogens (tertiary/aromatic N) is 2. The molecule has 0 atom stereocenters. The Balaban J connectivity index is 2.68. The first-order valence-electron chi connectivity index (χ1n) is 5.19. The molecule has 2 aromatic rings. The van der Waals surface area contributed by atoms with E-state index >= 15 is 0 Å². The number of rotatable bonds is 1. The second-order valence-electron chi connectivity index (χ2n) is 4.06. The lowest BCUT2D eigenvalue weighted by molar-refractivity contribution is 0.829. The Labute approximate surface area is 117 Å². The highest BCUT2D eigenvalue weighted by atomic mass is 79.9. The number of hydrogen-bond donors (Lipinski definition) is 1. The van der Waals surface area contributed by atoms with Crippen LogP contribution in [0.3, 0.4) is 0 Å². The lowest BCUT2D eigenvalue weighted by atomic mass is 10.2. The van der Waals surface area contributed by atoms with E-state index in [9.17, 15) is 0 Å². The largest absolute Gasteiger partial charge is 0.398 e. The molecule has 0 fully saturated rings. The van der Waals surface area contributed by atoms with Crippen LogP contribution in [0.2, 0.25) is 0 Å². The van der Waals surface area contributed by atoms with Gasteiger partial charge in [-0.15, -0.1) is 0 Å². The summed E-state index contributed by atoms with van der Waals surface area (Å²) in [5, 5.41) is 4.51. The molecule has 1 heterocycles. The summed E-state index contributed by atoms with van der Waals surface area (Å²) in [6.45, 7) is 6.00. The number of nitrogens with two attached hydrogens (primary N) is 1. The van der Waals surface area contributed by atoms with Gasteiger partial charge < -0.3 is 5.73 Å². The van der Waals surface area contributed by atoms with Crippen LogP contribution < -0.4 is 5.73 Å². The van der Waals surface area contributed by atoms with Crippen molar-refractivity contribution in [3.8, 4) is 5.69 Å². The third-order valence-electron chi connectivity index (χ3n) is 2.77. The molecule has 2 rings (SSSR count). The van der Waals surface area contributed by atoms with Crippen LogP contribution in [0.5, 0.6) is 0 Å². The number of benzene rings is 1. The Kier molecular flexibility index (Phi) is 3.32. The summed E-state index contributed by atoms with van der Waals surface area (Å²) in [6.07, 6.45) is 0. The van der Waals surface area contributed by atoms with Gasteiger partial charge in [-0.1, -0.05) is 0 Å². The van der Waals surface area contributed by atoms with Gasteiger partial charge in [0.2, 0.25) is 0 Å². The van der Waals surface area contributed by atoms with Crippen molar-refractivity contribution in [2.45, 2.75) is 20.8 Å². The smallest absolute Gasteiger partial charge is 0.0795 e. The summed E-state index contributed by atoms with van der Waals surface area (Å²) in [6, 6.07) is 3.94. The van der Waals surface area contributed by atoms with E-state index in [0.717, 1.165) is 37.3 Å². The van der Waals surface area contributed by atoms with E-state index in [1.165, 1.54) is 0 Å². The zero-order chi connectivity index (χ0) is 12.7. The van der Waals surface area contributed by atoms with Crippen molar-refractivity contribution >= 4 is 37.5 Å². The molecule has 0 radical (unpaired) electrons. The minimum absolute atomic E-state index is 0.779. The van der Waals surface area contributed by atoms with Crippen LogP contribution in [0, 0.1) is 20.8 Å². The van der Waals surface area contributed by atoms with Crippen molar-refractivity contribution < 1.29 is 0 Å². The molecule has 0 saturated carbocycles. The number of anilines is 1. The fourth-order valence-corrected chi connectivity index (χ4v) is 2.48. The van der Waals surface area contributed by atoms with Gasteiger partial charge in [0.25, 0.3) is 0 Å². The molecule has 5 heteroatoms. The fraction of sp³-hybridized carbons (Fsp3) is 0.250. The summed E-state index contributed by atoms with van der Waals surface area (Å²) in [7, 11) is 0. The maximum absolute atomic E-state index is 5.87. The number of halogens is 2. The van der Waals surface area contributed by atoms with Gasteiger partial charge in [-0.25, -0.2) is 4.68 Å². The van der Waals surface area contributed by atoms with Crippen molar-refractivity contribution in [1.82, 2.24) is 9.78 Å². The molecule has 0 amide bonds. The van der Waals surface area contributed by atoms with Crippen molar-refractivity contribution in [1.29, 1.82) is 0 Å². The molecule has 0 bridgehead atoms. The number of aromatic nitrogens is 2. The average molecular weight is 359 g/mol. The van der Waals surface area contributed by atoms with Crippen LogP contribution in [-0.2, 0) is 0 Å². The molecule has 2 N–H and O–H groups in total. The first-order valence-corrected chi connectivity index (χ1v) is 6.78. The zero-order valence-corrected chi connectivity index (χ0v) is 13.1. The third-order valence-corrected chi connectivity index (χ3v) is 4.55. The van der Waals surface area contributed by atoms with Crippen LogP contribution in [0.1, 0.15) is 17.0 Å². The second kappa shape index (κ2) is 4.46. The van der Waals surface area contributed by atoms with Crippen molar-refractivity contribution in [2.75, 3.05) is 5.73 Å². The lowest BCUT2D eigenvalue weighted by Gasteiger charge is -2.10. The highest BCUT2D eigenvalue weighted by Gasteiger charge is 2.13. The molecule has 0 spiro atoms. The van der Waals surface area contributed by atoms with E-state index in [-0.39, 0.29) is 0 Å². The normalized spacial score (nSPS) is 10.9. The van der Waals surface area contributed by atoms with Gasteiger partial charge in [0.15, 0.2) is 0 Å². The van der Waals surface area contributed by atoms with Gasteiger partial charge in [-0.2, -0.15) is 5.10 Å². The first-order chi connectivity index (χ1) is 7.91. The molecule has 0 aliphatic heterocycles. The van der Waals surface area contributed by atoms with Crippen molar-refractivity contribution in [2.24, 2.45) is 0 Å². The summed E-state index contributed by atoms with van der Waals surface area (Å²) in [5.74, 6) is 0. The molecule has 90 valence electrons. The van der Waals surface area contributed by atoms with Crippen LogP contribution >= 0.6 is 31.9 Å². The molecular weight excluding hydrogens is 346 g/mol. The van der Waals surface area contributed by atoms with Crippen LogP contribution in [0.15, 0.2) is 21.1 Å². The van der Waals surface area contributed by atoms with Crippen LogP contribution in [-0.4, -0.2) is 9.78 Å². The zero-order valence-electron chi connectivity index (χ0n) is 9.88. The minimum Gasteiger partial charge on any atom is -0.398 e. The van der Waals surface area contributed by atoms with Crippen LogP contribution in [0.25, 0.3) is 5.69 Å². The first kappa shape index (κ1) is 12.6. The molecule has 17 heavy (non-hydrogen) atoms. The highest BCUT2D eigenvalue weighted by Crippen LogP contribution is 2.30. The molecule has 1 aromatic heterocycles. The summed E-state index contributed by atoms with van der Waals surface area (Å²) < 4.78 is 3.90. The topological polar surface area (TPSA) is 43.8 Å². The SMILES string of the molecule is Cc1cc(-n2nc(C)c(Br)c2C)c(Br)cc1N. The molecule has 0 aliphatic carbocycles. The van der Waals surface area contributed by atoms with E-state index in [1.807, 2.05) is 37.6 Å². The van der Waals surface area contributed by atoms with Crippen LogP contribution in [0.4, 0.5) is 5.69 Å². The molecule has 3 nitrogen and oxygen atoms in total. The summed E-state index contributed by atoms with van der Waals surface area (Å²) in [5.41, 5.74) is 10.8. The average Bonchev–Trinajstić information content (AvgIpc) is 2.51. The molecular formula is C12H13Br2N3. The summed E-state index contributed by atoms with van der Waals surface area (Å²) in [4.78, 5) is 0. The monoisotopic (exact) mass is 357 g/mol. The van der Waals surface area contributed by atoms with E-state index in [0.29, 0.717) is 0 Å². The van der Waals surface area contributed by atoms with Gasteiger partial charge in [-0.05, 0) is 70.3 Å². The predicted molar refractivity (Wildman–Crippen MR) is 77.6 cm³/mol. The minimum atomic E-state index is 0.779. The van der Waals surface area contributed by atoms with Gasteiger partial charge in [0.1, 0.15) is 0 Å². The predicted octanol–water partition coefficient (Wildman–Crippen LogP) is 3.90. The Morgan fingerprint density at radius 3 is 2.35 bits per heavy atom. The standard InChI is InChI=1S/C12H13Br2N3/c1-6-4-11(9(13)5-10(6)15)17-8(3)12(14)7(2)16-17/h4-5H,15H2,1-3H3. The van der Waals surface area contributed by atoms with Gasteiger partial charge in [-0.3, -0.25) is 0 Å². The maximum Gasteiger partial charge on any atom is 0.0795 e. The van der Waals surface area contributed by atoms with Gasteiger partial charge in [0.05, 0.1) is 21.5 Å². The molecule has 1 aromatic carbocycles. The Morgan fingerprint density at radius 1 is 1.18 bits per heavy atom. The number of hydrogen-bond acceptors (Lipinski definition) is 2. The van der Waals surface area contributed by atoms with E-state index in [4.69, 9.17) is 5.73 Å². The van der Waals surface area contributed by atoms with Gasteiger partial charge in [0, 0.05) is 10.2 Å². The van der Waals surface area contributed by atoms with E-state index < -0.39 is 0 Å². The Hall–Kier alpha value is -0.810. The fourth-order valence-electron chi connectivity index (χ4n) is 1.70. The van der Waals surface area contributed by atoms with Gasteiger partial charge >= 0.3 is 0 Å². The molecule has 0 unspecified atom stereocenters. The van der Waals surface area contributed by atoms with Crippen molar-refractivity contribution in [3.05, 3.63) is 38.0 Å². The second-order valence-corrected chi connectivity index (χ2v) is 5.70. The number of aryl methyl sites for hydroxylation is 2. The summed E-state index contributed by atoms with van der Waals surface area (Å²) >= 11 is 7.06. The highest BCUT2D eigenvalue weighted by molar-refractivity contribution is 9.11. The third kappa shape index (κ3) is 2.13. The quantitative estimate of drug-likeness (QED) is 0.785. The maximum atomic E-state index is 5.87. The number of nitrogen functional groups attached to an aromatic ring is 1. The van der Waals surface area contributed by atoms with E-state index in [2.05, 4.69) is 37.0 Å².